The monoisotopic (exact) mass is 302 g/mol. The van der Waals surface area contributed by atoms with Gasteiger partial charge in [-0.15, -0.1) is 6.58 Å². The molecule has 0 radical (unpaired) electrons. The molecular weight excluding hydrogens is 288 g/mol. The van der Waals surface area contributed by atoms with Crippen LogP contribution in [-0.2, 0) is 0 Å². The summed E-state index contributed by atoms with van der Waals surface area (Å²) in [5.74, 6) is 1.37. The molecule has 2 rings (SSSR count). The number of rotatable bonds is 5. The topological polar surface area (TPSA) is 50.4 Å². The van der Waals surface area contributed by atoms with Crippen LogP contribution in [0.5, 0.6) is 11.5 Å². The fourth-order valence-corrected chi connectivity index (χ4v) is 1.71. The molecule has 2 aromatic carbocycles. The van der Waals surface area contributed by atoms with Crippen molar-refractivity contribution in [2.45, 2.75) is 0 Å². The van der Waals surface area contributed by atoms with E-state index in [1.54, 1.807) is 54.6 Å². The first-order valence-corrected chi connectivity index (χ1v) is 6.74. The zero-order valence-electron chi connectivity index (χ0n) is 11.3. The summed E-state index contributed by atoms with van der Waals surface area (Å²) < 4.78 is 5.66. The molecule has 0 aliphatic carbocycles. The van der Waals surface area contributed by atoms with E-state index in [1.807, 2.05) is 0 Å². The van der Waals surface area contributed by atoms with Gasteiger partial charge in [-0.3, -0.25) is 0 Å². The van der Waals surface area contributed by atoms with Crippen molar-refractivity contribution in [3.05, 3.63) is 66.2 Å². The van der Waals surface area contributed by atoms with Crippen LogP contribution in [0.4, 0.5) is 10.5 Å². The van der Waals surface area contributed by atoms with E-state index < -0.39 is 0 Å². The van der Waals surface area contributed by atoms with Crippen LogP contribution in [0.3, 0.4) is 0 Å². The molecule has 5 heteroatoms. The van der Waals surface area contributed by atoms with Crippen molar-refractivity contribution in [3.63, 3.8) is 0 Å². The van der Waals surface area contributed by atoms with E-state index in [-0.39, 0.29) is 6.03 Å². The Kier molecular flexibility index (Phi) is 5.23. The highest BCUT2D eigenvalue weighted by Gasteiger charge is 2.01. The van der Waals surface area contributed by atoms with E-state index in [1.165, 1.54) is 0 Å². The lowest BCUT2D eigenvalue weighted by Gasteiger charge is -2.08. The lowest BCUT2D eigenvalue weighted by atomic mass is 10.3. The first kappa shape index (κ1) is 14.9. The summed E-state index contributed by atoms with van der Waals surface area (Å²) >= 11 is 5.81. The Bertz CT molecular complexity index is 609. The van der Waals surface area contributed by atoms with Crippen molar-refractivity contribution in [1.29, 1.82) is 0 Å². The van der Waals surface area contributed by atoms with E-state index in [2.05, 4.69) is 17.2 Å². The van der Waals surface area contributed by atoms with Crippen molar-refractivity contribution in [2.24, 2.45) is 0 Å². The second-order valence-corrected chi connectivity index (χ2v) is 4.64. The van der Waals surface area contributed by atoms with Crippen LogP contribution in [-0.4, -0.2) is 12.6 Å². The third-order valence-electron chi connectivity index (χ3n) is 2.57. The van der Waals surface area contributed by atoms with Crippen LogP contribution < -0.4 is 15.4 Å². The lowest BCUT2D eigenvalue weighted by molar-refractivity contribution is 0.253. The average molecular weight is 303 g/mol. The minimum atomic E-state index is -0.277. The molecule has 2 N–H and O–H groups in total. The van der Waals surface area contributed by atoms with Gasteiger partial charge in [-0.05, 0) is 48.5 Å². The van der Waals surface area contributed by atoms with Crippen LogP contribution in [0.15, 0.2) is 61.2 Å². The van der Waals surface area contributed by atoms with Gasteiger partial charge in [0.25, 0.3) is 0 Å². The van der Waals surface area contributed by atoms with Gasteiger partial charge in [0.1, 0.15) is 11.5 Å². The molecule has 108 valence electrons. The van der Waals surface area contributed by atoms with Gasteiger partial charge in [0, 0.05) is 17.3 Å². The smallest absolute Gasteiger partial charge is 0.319 e. The normalized spacial score (nSPS) is 9.76. The summed E-state index contributed by atoms with van der Waals surface area (Å²) in [5.41, 5.74) is 0.681. The Morgan fingerprint density at radius 2 is 1.67 bits per heavy atom. The Hall–Kier alpha value is -2.46. The first-order chi connectivity index (χ1) is 10.2. The second-order valence-electron chi connectivity index (χ2n) is 4.20. The number of urea groups is 1. The molecule has 0 unspecified atom stereocenters. The molecule has 0 fully saturated rings. The van der Waals surface area contributed by atoms with Crippen molar-refractivity contribution in [1.82, 2.24) is 5.32 Å². The Balaban J connectivity index is 1.94. The predicted molar refractivity (Wildman–Crippen MR) is 85.2 cm³/mol. The summed E-state index contributed by atoms with van der Waals surface area (Å²) in [6.45, 7) is 3.95. The fraction of sp³-hybridized carbons (Fsp3) is 0.0625. The minimum Gasteiger partial charge on any atom is -0.457 e. The molecule has 0 bridgehead atoms. The van der Waals surface area contributed by atoms with Gasteiger partial charge in [-0.25, -0.2) is 4.79 Å². The number of ether oxygens (including phenoxy) is 1. The zero-order chi connectivity index (χ0) is 15.1. The van der Waals surface area contributed by atoms with Crippen LogP contribution in [0, 0.1) is 0 Å². The van der Waals surface area contributed by atoms with Crippen molar-refractivity contribution in [2.75, 3.05) is 11.9 Å². The highest BCUT2D eigenvalue weighted by molar-refractivity contribution is 6.30. The fourth-order valence-electron chi connectivity index (χ4n) is 1.59. The number of nitrogens with one attached hydrogen (secondary N) is 2. The Labute approximate surface area is 128 Å². The summed E-state index contributed by atoms with van der Waals surface area (Å²) in [7, 11) is 0. The molecule has 0 aliphatic rings. The van der Waals surface area contributed by atoms with Gasteiger partial charge in [0.2, 0.25) is 0 Å². The number of hydrogen-bond donors (Lipinski definition) is 2. The summed E-state index contributed by atoms with van der Waals surface area (Å²) in [6.07, 6.45) is 1.61. The van der Waals surface area contributed by atoms with Crippen molar-refractivity contribution >= 4 is 23.3 Å². The van der Waals surface area contributed by atoms with Gasteiger partial charge in [-0.1, -0.05) is 17.7 Å². The van der Waals surface area contributed by atoms with E-state index in [0.29, 0.717) is 28.8 Å². The van der Waals surface area contributed by atoms with Gasteiger partial charge in [0.05, 0.1) is 0 Å². The van der Waals surface area contributed by atoms with Crippen LogP contribution in [0.2, 0.25) is 5.02 Å². The van der Waals surface area contributed by atoms with Crippen LogP contribution in [0.25, 0.3) is 0 Å². The highest BCUT2D eigenvalue weighted by atomic mass is 35.5. The number of benzene rings is 2. The molecule has 21 heavy (non-hydrogen) atoms. The molecule has 2 amide bonds. The highest BCUT2D eigenvalue weighted by Crippen LogP contribution is 2.24. The third kappa shape index (κ3) is 4.85. The van der Waals surface area contributed by atoms with Crippen LogP contribution in [0.1, 0.15) is 0 Å². The maximum atomic E-state index is 11.5. The largest absolute Gasteiger partial charge is 0.457 e. The minimum absolute atomic E-state index is 0.277. The SMILES string of the molecule is C=CCNC(=O)Nc1ccc(Oc2ccc(Cl)cc2)cc1. The first-order valence-electron chi connectivity index (χ1n) is 6.36. The lowest BCUT2D eigenvalue weighted by Crippen LogP contribution is -2.28. The molecule has 0 aromatic heterocycles. The maximum absolute atomic E-state index is 11.5. The molecule has 2 aromatic rings. The third-order valence-corrected chi connectivity index (χ3v) is 2.82. The number of hydrogen-bond acceptors (Lipinski definition) is 2. The zero-order valence-corrected chi connectivity index (χ0v) is 12.1. The van der Waals surface area contributed by atoms with E-state index in [9.17, 15) is 4.79 Å². The number of carbonyl (C=O) groups excluding carboxylic acids is 1. The molecule has 0 aliphatic heterocycles. The quantitative estimate of drug-likeness (QED) is 0.802. The van der Waals surface area contributed by atoms with Gasteiger partial charge >= 0.3 is 6.03 Å². The van der Waals surface area contributed by atoms with Gasteiger partial charge in [0.15, 0.2) is 0 Å². The number of halogens is 1. The van der Waals surface area contributed by atoms with E-state index >= 15 is 0 Å². The molecule has 0 saturated carbocycles. The van der Waals surface area contributed by atoms with Gasteiger partial charge < -0.3 is 15.4 Å². The number of carbonyl (C=O) groups is 1. The van der Waals surface area contributed by atoms with Crippen molar-refractivity contribution in [3.8, 4) is 11.5 Å². The summed E-state index contributed by atoms with van der Waals surface area (Å²) in [5, 5.41) is 5.99. The maximum Gasteiger partial charge on any atom is 0.319 e. The van der Waals surface area contributed by atoms with Crippen LogP contribution >= 0.6 is 11.6 Å². The second kappa shape index (κ2) is 7.36. The van der Waals surface area contributed by atoms with E-state index in [0.717, 1.165) is 0 Å². The number of anilines is 1. The summed E-state index contributed by atoms with van der Waals surface area (Å²) in [4.78, 5) is 11.5. The molecule has 0 heterocycles. The Morgan fingerprint density at radius 3 is 2.24 bits per heavy atom. The van der Waals surface area contributed by atoms with Crippen molar-refractivity contribution < 1.29 is 9.53 Å². The Morgan fingerprint density at radius 1 is 1.10 bits per heavy atom. The summed E-state index contributed by atoms with van der Waals surface area (Å²) in [6, 6.07) is 13.9. The predicted octanol–water partition coefficient (Wildman–Crippen LogP) is 4.44. The standard InChI is InChI=1S/C16H15ClN2O2/c1-2-11-18-16(20)19-13-5-9-15(10-6-13)21-14-7-3-12(17)4-8-14/h2-10H,1,11H2,(H2,18,19,20). The number of amides is 2. The van der Waals surface area contributed by atoms with E-state index in [4.69, 9.17) is 16.3 Å². The van der Waals surface area contributed by atoms with Gasteiger partial charge in [-0.2, -0.15) is 0 Å². The average Bonchev–Trinajstić information content (AvgIpc) is 2.49. The molecule has 0 spiro atoms. The molecule has 0 saturated heterocycles. The molecular formula is C16H15ClN2O2. The molecule has 4 nitrogen and oxygen atoms in total. The molecule has 0 atom stereocenters.